The zero-order chi connectivity index (χ0) is 20.8. The first-order valence-corrected chi connectivity index (χ1v) is 21.3. The summed E-state index contributed by atoms with van der Waals surface area (Å²) in [4.78, 5) is 0. The summed E-state index contributed by atoms with van der Waals surface area (Å²) < 4.78 is 9.66. The van der Waals surface area contributed by atoms with Crippen LogP contribution < -0.4 is 9.41 Å². The van der Waals surface area contributed by atoms with E-state index in [1.54, 1.807) is 11.1 Å². The molecule has 0 atom stereocenters. The van der Waals surface area contributed by atoms with E-state index in [2.05, 4.69) is 61.3 Å². The van der Waals surface area contributed by atoms with Gasteiger partial charge in [0.15, 0.2) is 0 Å². The molecule has 0 saturated carbocycles. The molecule has 0 bridgehead atoms. The Labute approximate surface area is 202 Å². The van der Waals surface area contributed by atoms with Crippen LogP contribution in [0.15, 0.2) is 40.4 Å². The van der Waals surface area contributed by atoms with E-state index in [4.69, 9.17) is 0 Å². The van der Waals surface area contributed by atoms with Gasteiger partial charge in [-0.15, -0.1) is 0 Å². The molecule has 0 aromatic heterocycles. The quantitative estimate of drug-likeness (QED) is 0.382. The Hall–Kier alpha value is 0.0439. The number of rotatable bonds is 6. The van der Waals surface area contributed by atoms with E-state index in [0.717, 1.165) is 0 Å². The van der Waals surface area contributed by atoms with Gasteiger partial charge in [0, 0.05) is 0 Å². The van der Waals surface area contributed by atoms with Crippen LogP contribution >= 0.6 is 0 Å². The third kappa shape index (κ3) is 5.10. The molecular formula is C24H40F2HfN2Si2. The van der Waals surface area contributed by atoms with E-state index in [-0.39, 0.29) is 9.41 Å². The molecule has 2 fully saturated rings. The van der Waals surface area contributed by atoms with Crippen molar-refractivity contribution in [1.82, 2.24) is 9.13 Å². The minimum Gasteiger partial charge on any atom is -1.00 e. The fraction of sp³-hybridized carbons (Fsp3) is 0.667. The first-order chi connectivity index (χ1) is 13.7. The van der Waals surface area contributed by atoms with Gasteiger partial charge in [-0.1, -0.05) is 0 Å². The van der Waals surface area contributed by atoms with Gasteiger partial charge in [-0.05, 0) is 0 Å². The zero-order valence-corrected chi connectivity index (χ0v) is 26.0. The molecule has 0 aromatic rings. The summed E-state index contributed by atoms with van der Waals surface area (Å²) in [5.41, 5.74) is 3.32. The molecule has 7 heteroatoms. The first kappa shape index (κ1) is 27.3. The second kappa shape index (κ2) is 10.5. The van der Waals surface area contributed by atoms with Crippen molar-refractivity contribution in [3.05, 3.63) is 40.4 Å². The third-order valence-electron chi connectivity index (χ3n) is 8.14. The van der Waals surface area contributed by atoms with Crippen molar-refractivity contribution in [2.75, 3.05) is 26.2 Å². The number of nitrogens with zero attached hydrogens (tertiary/aromatic N) is 2. The molecule has 0 radical (unpaired) electrons. The Kier molecular flexibility index (Phi) is 9.28. The SMILES string of the molecule is CC1=CCC([Si](C)(C)N2CCCC2)=[C]1[Hf+2][C]1=C([Si](C)(C)N2CCCC2)CC=C1C.[F-].[F-]. The van der Waals surface area contributed by atoms with Crippen molar-refractivity contribution >= 4 is 16.5 Å². The van der Waals surface area contributed by atoms with Crippen molar-refractivity contribution in [1.29, 1.82) is 0 Å². The topological polar surface area (TPSA) is 6.48 Å². The number of halogens is 2. The summed E-state index contributed by atoms with van der Waals surface area (Å²) in [6, 6.07) is 0. The first-order valence-electron chi connectivity index (χ1n) is 11.8. The van der Waals surface area contributed by atoms with Gasteiger partial charge in [-0.3, -0.25) is 0 Å². The van der Waals surface area contributed by atoms with Crippen LogP contribution in [0.25, 0.3) is 0 Å². The molecule has 2 heterocycles. The number of allylic oxidation sites excluding steroid dienone is 8. The molecule has 2 aliphatic carbocycles. The monoisotopic (exact) mass is 630 g/mol. The summed E-state index contributed by atoms with van der Waals surface area (Å²) in [6.45, 7) is 20.9. The predicted octanol–water partition coefficient (Wildman–Crippen LogP) is -0.0347. The fourth-order valence-corrected chi connectivity index (χ4v) is 24.8. The van der Waals surface area contributed by atoms with Crippen molar-refractivity contribution in [2.45, 2.75) is 78.6 Å². The van der Waals surface area contributed by atoms with Crippen LogP contribution in [-0.2, 0) is 22.9 Å². The van der Waals surface area contributed by atoms with E-state index in [0.29, 0.717) is 0 Å². The molecule has 2 nitrogen and oxygen atoms in total. The van der Waals surface area contributed by atoms with Gasteiger partial charge in [0.1, 0.15) is 0 Å². The van der Waals surface area contributed by atoms with Gasteiger partial charge in [-0.25, -0.2) is 0 Å². The predicted molar refractivity (Wildman–Crippen MR) is 127 cm³/mol. The standard InChI is InChI=1S/2C12H20NSi.2FH.Hf/c2*1-11-6-7-12(10-11)14(2,3)13-8-4-5-9-13;;;/h2*6H,4-5,7-9H2,1-3H3;2*1H;/q;;;;+2/p-2. The molecule has 31 heavy (non-hydrogen) atoms. The van der Waals surface area contributed by atoms with E-state index in [1.807, 2.05) is 17.1 Å². The van der Waals surface area contributed by atoms with Gasteiger partial charge in [0.25, 0.3) is 0 Å². The maximum Gasteiger partial charge on any atom is -1.00 e. The molecule has 0 aromatic carbocycles. The van der Waals surface area contributed by atoms with E-state index in [9.17, 15) is 0 Å². The molecule has 4 rings (SSSR count). The van der Waals surface area contributed by atoms with E-state index >= 15 is 0 Å². The van der Waals surface area contributed by atoms with Gasteiger partial charge >= 0.3 is 194 Å². The Bertz CT molecular complexity index is 736. The molecule has 2 aliphatic heterocycles. The van der Waals surface area contributed by atoms with E-state index < -0.39 is 39.4 Å². The summed E-state index contributed by atoms with van der Waals surface area (Å²) in [6.07, 6.45) is 13.4. The molecular weight excluding hydrogens is 589 g/mol. The average Bonchev–Trinajstić information content (AvgIpc) is 3.44. The van der Waals surface area contributed by atoms with Gasteiger partial charge in [-0.2, -0.15) is 0 Å². The smallest absolute Gasteiger partial charge is 1.00 e. The van der Waals surface area contributed by atoms with Crippen LogP contribution in [0.3, 0.4) is 0 Å². The van der Waals surface area contributed by atoms with Crippen LogP contribution in [-0.4, -0.2) is 51.8 Å². The summed E-state index contributed by atoms with van der Waals surface area (Å²) in [5.74, 6) is 0. The van der Waals surface area contributed by atoms with Crippen LogP contribution in [0, 0.1) is 0 Å². The summed E-state index contributed by atoms with van der Waals surface area (Å²) in [5, 5.41) is 3.85. The van der Waals surface area contributed by atoms with Gasteiger partial charge in [0.05, 0.1) is 0 Å². The molecule has 0 amide bonds. The van der Waals surface area contributed by atoms with Crippen molar-refractivity contribution in [2.24, 2.45) is 0 Å². The minimum atomic E-state index is -1.46. The number of hydrogen-bond donors (Lipinski definition) is 0. The Morgan fingerprint density at radius 2 is 0.968 bits per heavy atom. The zero-order valence-electron chi connectivity index (χ0n) is 20.4. The van der Waals surface area contributed by atoms with Gasteiger partial charge < -0.3 is 9.41 Å². The molecule has 0 spiro atoms. The third-order valence-corrected chi connectivity index (χ3v) is 24.7. The second-order valence-corrected chi connectivity index (χ2v) is 23.7. The maximum atomic E-state index is 2.91. The van der Waals surface area contributed by atoms with Crippen molar-refractivity contribution in [3.8, 4) is 0 Å². The van der Waals surface area contributed by atoms with Crippen LogP contribution in [0.2, 0.25) is 26.2 Å². The molecule has 0 unspecified atom stereocenters. The summed E-state index contributed by atoms with van der Waals surface area (Å²) in [7, 11) is -2.92. The maximum absolute atomic E-state index is 2.91. The molecule has 0 N–H and O–H groups in total. The normalized spacial score (nSPS) is 23.0. The molecule has 2 saturated heterocycles. The van der Waals surface area contributed by atoms with Crippen molar-refractivity contribution in [3.63, 3.8) is 0 Å². The average molecular weight is 629 g/mol. The van der Waals surface area contributed by atoms with Crippen molar-refractivity contribution < 1.29 is 32.3 Å². The van der Waals surface area contributed by atoms with Crippen LogP contribution in [0.5, 0.6) is 0 Å². The Morgan fingerprint density at radius 1 is 0.645 bits per heavy atom. The van der Waals surface area contributed by atoms with Crippen LogP contribution in [0.1, 0.15) is 52.4 Å². The van der Waals surface area contributed by atoms with Gasteiger partial charge in [0.2, 0.25) is 0 Å². The second-order valence-electron chi connectivity index (χ2n) is 10.5. The number of hydrogen-bond acceptors (Lipinski definition) is 2. The minimum absolute atomic E-state index is 0. The largest absolute Gasteiger partial charge is 1.00 e. The summed E-state index contributed by atoms with van der Waals surface area (Å²) >= 11 is -1.04. The van der Waals surface area contributed by atoms with Crippen LogP contribution in [0.4, 0.5) is 0 Å². The molecule has 4 aliphatic rings. The fourth-order valence-electron chi connectivity index (χ4n) is 5.91. The molecule has 172 valence electrons. The Balaban J connectivity index is 0.00000171. The van der Waals surface area contributed by atoms with E-state index in [1.165, 1.54) is 64.7 Å². The Morgan fingerprint density at radius 3 is 1.29 bits per heavy atom.